The molecule has 2 atom stereocenters. The Morgan fingerprint density at radius 3 is 0.852 bits per heavy atom. The Morgan fingerprint density at radius 1 is 0.328 bits per heavy atom. The highest BCUT2D eigenvalue weighted by Gasteiger charge is 2.19. The molecule has 0 rings (SSSR count). The molecule has 0 aromatic carbocycles. The molecule has 0 aliphatic rings. The van der Waals surface area contributed by atoms with Crippen molar-refractivity contribution in [3.8, 4) is 0 Å². The number of carbonyl (C=O) groups excluding carboxylic acids is 3. The molecule has 0 radical (unpaired) electrons. The van der Waals surface area contributed by atoms with E-state index >= 15 is 0 Å². The monoisotopic (exact) mass is 863 g/mol. The van der Waals surface area contributed by atoms with Crippen LogP contribution in [0.15, 0.2) is 0 Å². The Labute approximate surface area is 380 Å². The van der Waals surface area contributed by atoms with Gasteiger partial charge in [-0.25, -0.2) is 0 Å². The van der Waals surface area contributed by atoms with Gasteiger partial charge in [0.15, 0.2) is 6.10 Å². The molecule has 0 bridgehead atoms. The van der Waals surface area contributed by atoms with Gasteiger partial charge >= 0.3 is 17.9 Å². The average molecular weight is 863 g/mol. The maximum absolute atomic E-state index is 12.8. The van der Waals surface area contributed by atoms with Crippen molar-refractivity contribution in [2.75, 3.05) is 13.2 Å². The zero-order chi connectivity index (χ0) is 44.5. The van der Waals surface area contributed by atoms with Gasteiger partial charge in [-0.05, 0) is 25.2 Å². The van der Waals surface area contributed by atoms with E-state index in [4.69, 9.17) is 14.2 Å². The fraction of sp³-hybridized carbons (Fsp3) is 0.945. The molecule has 0 saturated carbocycles. The Hall–Kier alpha value is -1.59. The Balaban J connectivity index is 4.25. The van der Waals surface area contributed by atoms with Crippen LogP contribution in [0.4, 0.5) is 0 Å². The summed E-state index contributed by atoms with van der Waals surface area (Å²) < 4.78 is 16.8. The number of esters is 3. The average Bonchev–Trinajstić information content (AvgIpc) is 3.26. The van der Waals surface area contributed by atoms with Gasteiger partial charge in [-0.1, -0.05) is 272 Å². The lowest BCUT2D eigenvalue weighted by Crippen LogP contribution is -2.30. The lowest BCUT2D eigenvalue weighted by Gasteiger charge is -2.18. The van der Waals surface area contributed by atoms with Crippen molar-refractivity contribution in [2.24, 2.45) is 5.92 Å². The lowest BCUT2D eigenvalue weighted by molar-refractivity contribution is -0.167. The molecule has 0 N–H and O–H groups in total. The predicted molar refractivity (Wildman–Crippen MR) is 261 cm³/mol. The lowest BCUT2D eigenvalue weighted by atomic mass is 10.00. The highest BCUT2D eigenvalue weighted by molar-refractivity contribution is 5.71. The summed E-state index contributed by atoms with van der Waals surface area (Å²) in [5.41, 5.74) is 0. The number of hydrogen-bond donors (Lipinski definition) is 0. The second kappa shape index (κ2) is 49.4. The second-order valence-corrected chi connectivity index (χ2v) is 19.1. The van der Waals surface area contributed by atoms with Crippen LogP contribution in [0.25, 0.3) is 0 Å². The minimum Gasteiger partial charge on any atom is -0.462 e. The molecule has 6 nitrogen and oxygen atoms in total. The van der Waals surface area contributed by atoms with Crippen LogP contribution in [-0.4, -0.2) is 37.2 Å². The predicted octanol–water partition coefficient (Wildman–Crippen LogP) is 17.8. The molecule has 0 heterocycles. The van der Waals surface area contributed by atoms with Gasteiger partial charge in [0.2, 0.25) is 0 Å². The van der Waals surface area contributed by atoms with Crippen molar-refractivity contribution in [2.45, 2.75) is 316 Å². The molecule has 0 aliphatic carbocycles. The molecule has 0 fully saturated rings. The van der Waals surface area contributed by atoms with E-state index in [-0.39, 0.29) is 31.1 Å². The summed E-state index contributed by atoms with van der Waals surface area (Å²) in [7, 11) is 0. The van der Waals surface area contributed by atoms with Gasteiger partial charge in [0, 0.05) is 19.3 Å². The van der Waals surface area contributed by atoms with Crippen LogP contribution in [0.2, 0.25) is 0 Å². The van der Waals surface area contributed by atoms with Gasteiger partial charge in [0.25, 0.3) is 0 Å². The molecule has 61 heavy (non-hydrogen) atoms. The topological polar surface area (TPSA) is 78.9 Å². The van der Waals surface area contributed by atoms with E-state index in [0.29, 0.717) is 19.3 Å². The number of ether oxygens (including phenoxy) is 3. The summed E-state index contributed by atoms with van der Waals surface area (Å²) >= 11 is 0. The molecule has 0 aliphatic heterocycles. The normalized spacial score (nSPS) is 12.4. The fourth-order valence-corrected chi connectivity index (χ4v) is 8.36. The van der Waals surface area contributed by atoms with Gasteiger partial charge < -0.3 is 14.2 Å². The summed E-state index contributed by atoms with van der Waals surface area (Å²) in [5.74, 6) is -0.0299. The third-order valence-electron chi connectivity index (χ3n) is 12.9. The first-order chi connectivity index (χ1) is 29.9. The van der Waals surface area contributed by atoms with Crippen LogP contribution < -0.4 is 0 Å². The number of rotatable bonds is 50. The van der Waals surface area contributed by atoms with Gasteiger partial charge in [-0.3, -0.25) is 14.4 Å². The third-order valence-corrected chi connectivity index (χ3v) is 12.9. The molecule has 0 aromatic rings. The molecule has 0 amide bonds. The standard InChI is InChI=1S/C55H106O6/c1-5-8-10-12-14-16-18-20-22-23-24-25-26-28-30-32-34-40-44-48-55(58)61-52(50-60-54(57)47-43-39-36-35-37-41-45-51(4)7-3)49-59-53(56)46-42-38-33-31-29-27-21-19-17-15-13-11-9-6-2/h51-52H,5-50H2,1-4H3/t51?,52-/m1/s1. The maximum Gasteiger partial charge on any atom is 0.306 e. The quantitative estimate of drug-likeness (QED) is 0.0344. The van der Waals surface area contributed by atoms with Gasteiger partial charge in [0.1, 0.15) is 13.2 Å². The number of hydrogen-bond acceptors (Lipinski definition) is 6. The zero-order valence-corrected chi connectivity index (χ0v) is 41.6. The minimum atomic E-state index is -0.762. The fourth-order valence-electron chi connectivity index (χ4n) is 8.36. The first-order valence-electron chi connectivity index (χ1n) is 27.4. The van der Waals surface area contributed by atoms with Gasteiger partial charge in [0.05, 0.1) is 0 Å². The van der Waals surface area contributed by atoms with Crippen LogP contribution in [0, 0.1) is 5.92 Å². The molecule has 0 aromatic heterocycles. The summed E-state index contributed by atoms with van der Waals surface area (Å²) in [5, 5.41) is 0. The largest absolute Gasteiger partial charge is 0.462 e. The Kier molecular flexibility index (Phi) is 48.1. The van der Waals surface area contributed by atoms with Crippen molar-refractivity contribution in [1.29, 1.82) is 0 Å². The molecule has 1 unspecified atom stereocenters. The van der Waals surface area contributed by atoms with Crippen LogP contribution in [0.1, 0.15) is 310 Å². The summed E-state index contributed by atoms with van der Waals surface area (Å²) in [6.07, 6.45) is 52.4. The van der Waals surface area contributed by atoms with Crippen molar-refractivity contribution < 1.29 is 28.6 Å². The first-order valence-corrected chi connectivity index (χ1v) is 27.4. The molecule has 0 spiro atoms. The van der Waals surface area contributed by atoms with E-state index in [0.717, 1.165) is 63.7 Å². The first kappa shape index (κ1) is 59.4. The van der Waals surface area contributed by atoms with E-state index in [2.05, 4.69) is 27.7 Å². The highest BCUT2D eigenvalue weighted by Crippen LogP contribution is 2.18. The van der Waals surface area contributed by atoms with Crippen molar-refractivity contribution >= 4 is 17.9 Å². The Morgan fingerprint density at radius 2 is 0.574 bits per heavy atom. The van der Waals surface area contributed by atoms with Crippen molar-refractivity contribution in [3.05, 3.63) is 0 Å². The number of carbonyl (C=O) groups is 3. The third kappa shape index (κ3) is 47.7. The Bertz CT molecular complexity index is 920. The van der Waals surface area contributed by atoms with E-state index in [1.165, 1.54) is 205 Å². The second-order valence-electron chi connectivity index (χ2n) is 19.1. The van der Waals surface area contributed by atoms with Crippen LogP contribution in [-0.2, 0) is 28.6 Å². The van der Waals surface area contributed by atoms with E-state index in [1.54, 1.807) is 0 Å². The van der Waals surface area contributed by atoms with E-state index in [1.807, 2.05) is 0 Å². The summed E-state index contributed by atoms with van der Waals surface area (Å²) in [6.45, 7) is 9.01. The van der Waals surface area contributed by atoms with Crippen molar-refractivity contribution in [3.63, 3.8) is 0 Å². The molecule has 6 heteroatoms. The SMILES string of the molecule is CCCCCCCCCCCCCCCCCCCCCC(=O)O[C@H](COC(=O)CCCCCCCCCCCCCCCC)COC(=O)CCCCCCCCC(C)CC. The summed E-state index contributed by atoms with van der Waals surface area (Å²) in [4.78, 5) is 38.0. The van der Waals surface area contributed by atoms with Crippen LogP contribution >= 0.6 is 0 Å². The van der Waals surface area contributed by atoms with E-state index < -0.39 is 6.10 Å². The molecule has 362 valence electrons. The smallest absolute Gasteiger partial charge is 0.306 e. The number of unbranched alkanes of at least 4 members (excludes halogenated alkanes) is 36. The molecular weight excluding hydrogens is 757 g/mol. The maximum atomic E-state index is 12.8. The molecular formula is C55H106O6. The minimum absolute atomic E-state index is 0.0632. The zero-order valence-electron chi connectivity index (χ0n) is 41.6. The van der Waals surface area contributed by atoms with Crippen LogP contribution in [0.3, 0.4) is 0 Å². The summed E-state index contributed by atoms with van der Waals surface area (Å²) in [6, 6.07) is 0. The highest BCUT2D eigenvalue weighted by atomic mass is 16.6. The van der Waals surface area contributed by atoms with Crippen molar-refractivity contribution in [1.82, 2.24) is 0 Å². The van der Waals surface area contributed by atoms with Gasteiger partial charge in [-0.15, -0.1) is 0 Å². The van der Waals surface area contributed by atoms with E-state index in [9.17, 15) is 14.4 Å². The van der Waals surface area contributed by atoms with Crippen LogP contribution in [0.5, 0.6) is 0 Å². The molecule has 0 saturated heterocycles. The van der Waals surface area contributed by atoms with Gasteiger partial charge in [-0.2, -0.15) is 0 Å².